The first kappa shape index (κ1) is 11.4. The van der Waals surface area contributed by atoms with Crippen molar-refractivity contribution in [3.05, 3.63) is 53.9 Å². The molecule has 0 radical (unpaired) electrons. The van der Waals surface area contributed by atoms with Crippen LogP contribution in [0.15, 0.2) is 47.0 Å². The Morgan fingerprint density at radius 3 is 2.84 bits per heavy atom. The monoisotopic (exact) mass is 253 g/mol. The summed E-state index contributed by atoms with van der Waals surface area (Å²) >= 11 is 0. The first-order valence-electron chi connectivity index (χ1n) is 5.83. The van der Waals surface area contributed by atoms with Gasteiger partial charge in [-0.15, -0.1) is 0 Å². The Labute approximate surface area is 109 Å². The number of hydrogen-bond acceptors (Lipinski definition) is 4. The summed E-state index contributed by atoms with van der Waals surface area (Å²) in [7, 11) is 0. The van der Waals surface area contributed by atoms with Gasteiger partial charge < -0.3 is 9.84 Å². The van der Waals surface area contributed by atoms with Crippen LogP contribution in [0.5, 0.6) is 0 Å². The summed E-state index contributed by atoms with van der Waals surface area (Å²) in [6, 6.07) is 12.9. The van der Waals surface area contributed by atoms with E-state index in [-0.39, 0.29) is 11.7 Å². The van der Waals surface area contributed by atoms with Crippen molar-refractivity contribution in [1.29, 1.82) is 0 Å². The SMILES string of the molecule is Cc1cc(C(=O)Nc2ccc3ccccc3n2)on1. The maximum absolute atomic E-state index is 11.9. The van der Waals surface area contributed by atoms with Gasteiger partial charge in [-0.2, -0.15) is 0 Å². The number of carbonyl (C=O) groups is 1. The zero-order chi connectivity index (χ0) is 13.2. The van der Waals surface area contributed by atoms with Crippen molar-refractivity contribution in [2.45, 2.75) is 6.92 Å². The Kier molecular flexibility index (Phi) is 2.72. The smallest absolute Gasteiger partial charge is 0.295 e. The molecule has 94 valence electrons. The number of nitrogens with zero attached hydrogens (tertiary/aromatic N) is 2. The summed E-state index contributed by atoms with van der Waals surface area (Å²) in [5.41, 5.74) is 1.49. The van der Waals surface area contributed by atoms with Gasteiger partial charge in [0.25, 0.3) is 5.91 Å². The van der Waals surface area contributed by atoms with Crippen LogP contribution in [-0.4, -0.2) is 16.0 Å². The minimum atomic E-state index is -0.358. The van der Waals surface area contributed by atoms with Gasteiger partial charge in [-0.25, -0.2) is 4.98 Å². The van der Waals surface area contributed by atoms with Crippen molar-refractivity contribution in [2.24, 2.45) is 0 Å². The zero-order valence-corrected chi connectivity index (χ0v) is 10.3. The van der Waals surface area contributed by atoms with Gasteiger partial charge in [-0.1, -0.05) is 23.4 Å². The number of carbonyl (C=O) groups excluding carboxylic acids is 1. The number of benzene rings is 1. The number of para-hydroxylation sites is 1. The van der Waals surface area contributed by atoms with Gasteiger partial charge >= 0.3 is 0 Å². The van der Waals surface area contributed by atoms with Crippen molar-refractivity contribution in [3.63, 3.8) is 0 Å². The second-order valence-electron chi connectivity index (χ2n) is 4.18. The van der Waals surface area contributed by atoms with E-state index in [0.29, 0.717) is 11.5 Å². The molecule has 0 atom stereocenters. The Hall–Kier alpha value is -2.69. The maximum Gasteiger partial charge on any atom is 0.295 e. The highest BCUT2D eigenvalue weighted by Crippen LogP contribution is 2.15. The summed E-state index contributed by atoms with van der Waals surface area (Å²) in [6.45, 7) is 1.76. The molecule has 5 nitrogen and oxygen atoms in total. The first-order valence-corrected chi connectivity index (χ1v) is 5.83. The summed E-state index contributed by atoms with van der Waals surface area (Å²) in [4.78, 5) is 16.2. The first-order chi connectivity index (χ1) is 9.22. The van der Waals surface area contributed by atoms with Gasteiger partial charge in [-0.05, 0) is 25.1 Å². The van der Waals surface area contributed by atoms with Crippen molar-refractivity contribution in [1.82, 2.24) is 10.1 Å². The number of rotatable bonds is 2. The molecule has 0 aliphatic rings. The fraction of sp³-hybridized carbons (Fsp3) is 0.0714. The van der Waals surface area contributed by atoms with Crippen LogP contribution in [0.3, 0.4) is 0 Å². The lowest BCUT2D eigenvalue weighted by Crippen LogP contribution is -2.12. The lowest BCUT2D eigenvalue weighted by molar-refractivity contribution is 0.0987. The van der Waals surface area contributed by atoms with Gasteiger partial charge in [-0.3, -0.25) is 4.79 Å². The van der Waals surface area contributed by atoms with E-state index in [1.807, 2.05) is 30.3 Å². The quantitative estimate of drug-likeness (QED) is 0.762. The van der Waals surface area contributed by atoms with E-state index in [9.17, 15) is 4.79 Å². The van der Waals surface area contributed by atoms with E-state index >= 15 is 0 Å². The number of fused-ring (bicyclic) bond motifs is 1. The summed E-state index contributed by atoms with van der Waals surface area (Å²) < 4.78 is 4.90. The average Bonchev–Trinajstić information content (AvgIpc) is 2.85. The molecule has 0 unspecified atom stereocenters. The molecule has 1 N–H and O–H groups in total. The third kappa shape index (κ3) is 2.30. The van der Waals surface area contributed by atoms with Crippen molar-refractivity contribution < 1.29 is 9.32 Å². The third-order valence-electron chi connectivity index (χ3n) is 2.69. The Bertz CT molecular complexity index is 749. The third-order valence-corrected chi connectivity index (χ3v) is 2.69. The highest BCUT2D eigenvalue weighted by atomic mass is 16.5. The Morgan fingerprint density at radius 1 is 1.21 bits per heavy atom. The number of nitrogens with one attached hydrogen (secondary N) is 1. The zero-order valence-electron chi connectivity index (χ0n) is 10.3. The fourth-order valence-electron chi connectivity index (χ4n) is 1.78. The number of pyridine rings is 1. The topological polar surface area (TPSA) is 68.0 Å². The minimum absolute atomic E-state index is 0.174. The largest absolute Gasteiger partial charge is 0.351 e. The molecular weight excluding hydrogens is 242 g/mol. The van der Waals surface area contributed by atoms with Crippen LogP contribution in [0.25, 0.3) is 10.9 Å². The average molecular weight is 253 g/mol. The van der Waals surface area contributed by atoms with Crippen molar-refractivity contribution in [2.75, 3.05) is 5.32 Å². The fourth-order valence-corrected chi connectivity index (χ4v) is 1.78. The van der Waals surface area contributed by atoms with Crippen LogP contribution >= 0.6 is 0 Å². The van der Waals surface area contributed by atoms with Gasteiger partial charge in [0.2, 0.25) is 5.76 Å². The molecule has 2 heterocycles. The number of aryl methyl sites for hydroxylation is 1. The molecule has 19 heavy (non-hydrogen) atoms. The van der Waals surface area contributed by atoms with Crippen molar-refractivity contribution >= 4 is 22.6 Å². The number of hydrogen-bond donors (Lipinski definition) is 1. The van der Waals surface area contributed by atoms with Crippen LogP contribution in [-0.2, 0) is 0 Å². The van der Waals surface area contributed by atoms with Crippen LogP contribution in [0.1, 0.15) is 16.2 Å². The highest BCUT2D eigenvalue weighted by Gasteiger charge is 2.12. The molecule has 5 heteroatoms. The van der Waals surface area contributed by atoms with Gasteiger partial charge in [0.15, 0.2) is 0 Å². The molecule has 0 saturated carbocycles. The molecule has 2 aromatic heterocycles. The van der Waals surface area contributed by atoms with E-state index in [1.54, 1.807) is 19.1 Å². The number of anilines is 1. The highest BCUT2D eigenvalue weighted by molar-refractivity contribution is 6.02. The number of aromatic nitrogens is 2. The molecule has 0 fully saturated rings. The van der Waals surface area contributed by atoms with E-state index in [1.165, 1.54) is 0 Å². The molecule has 0 aliphatic heterocycles. The van der Waals surface area contributed by atoms with Crippen LogP contribution < -0.4 is 5.32 Å². The standard InChI is InChI=1S/C14H11N3O2/c1-9-8-12(19-17-9)14(18)16-13-7-6-10-4-2-3-5-11(10)15-13/h2-8H,1H3,(H,15,16,18). The molecule has 0 spiro atoms. The lowest BCUT2D eigenvalue weighted by Gasteiger charge is -2.03. The molecule has 1 amide bonds. The second-order valence-corrected chi connectivity index (χ2v) is 4.18. The van der Waals surface area contributed by atoms with E-state index in [0.717, 1.165) is 10.9 Å². The van der Waals surface area contributed by atoms with E-state index < -0.39 is 0 Å². The molecular formula is C14H11N3O2. The second kappa shape index (κ2) is 4.53. The molecule has 3 rings (SSSR count). The normalized spacial score (nSPS) is 10.6. The van der Waals surface area contributed by atoms with Gasteiger partial charge in [0.05, 0.1) is 11.2 Å². The maximum atomic E-state index is 11.9. The Morgan fingerprint density at radius 2 is 2.05 bits per heavy atom. The molecule has 3 aromatic rings. The summed E-state index contributed by atoms with van der Waals surface area (Å²) in [5.74, 6) is 0.300. The van der Waals surface area contributed by atoms with Crippen LogP contribution in [0, 0.1) is 6.92 Å². The predicted molar refractivity (Wildman–Crippen MR) is 70.9 cm³/mol. The Balaban J connectivity index is 1.87. The van der Waals surface area contributed by atoms with Crippen molar-refractivity contribution in [3.8, 4) is 0 Å². The number of amides is 1. The van der Waals surface area contributed by atoms with Gasteiger partial charge in [0, 0.05) is 11.5 Å². The van der Waals surface area contributed by atoms with Gasteiger partial charge in [0.1, 0.15) is 5.82 Å². The predicted octanol–water partition coefficient (Wildman–Crippen LogP) is 2.78. The summed E-state index contributed by atoms with van der Waals surface area (Å²) in [5, 5.41) is 7.38. The molecule has 0 aliphatic carbocycles. The lowest BCUT2D eigenvalue weighted by atomic mass is 10.2. The molecule has 0 bridgehead atoms. The molecule has 0 saturated heterocycles. The van der Waals surface area contributed by atoms with Crippen LogP contribution in [0.2, 0.25) is 0 Å². The van der Waals surface area contributed by atoms with Crippen LogP contribution in [0.4, 0.5) is 5.82 Å². The summed E-state index contributed by atoms with van der Waals surface area (Å²) in [6.07, 6.45) is 0. The van der Waals surface area contributed by atoms with E-state index in [4.69, 9.17) is 4.52 Å². The van der Waals surface area contributed by atoms with E-state index in [2.05, 4.69) is 15.5 Å². The minimum Gasteiger partial charge on any atom is -0.351 e. The molecule has 1 aromatic carbocycles.